The normalized spacial score (nSPS) is 11.7. The number of benzene rings is 3. The van der Waals surface area contributed by atoms with Crippen molar-refractivity contribution in [2.45, 2.75) is 0 Å². The molecule has 3 aromatic carbocycles. The van der Waals surface area contributed by atoms with E-state index in [0.29, 0.717) is 5.02 Å². The number of aromatic nitrogens is 2. The monoisotopic (exact) mass is 416 g/mol. The fraction of sp³-hybridized carbons (Fsp3) is 0.0435. The van der Waals surface area contributed by atoms with Crippen molar-refractivity contribution in [1.29, 1.82) is 0 Å². The first kappa shape index (κ1) is 17.9. The van der Waals surface area contributed by atoms with Crippen molar-refractivity contribution in [2.24, 2.45) is 12.1 Å². The molecule has 0 fully saturated rings. The van der Waals surface area contributed by atoms with Crippen molar-refractivity contribution in [1.82, 2.24) is 9.55 Å². The van der Waals surface area contributed by atoms with Crippen molar-refractivity contribution in [3.05, 3.63) is 82.7 Å². The van der Waals surface area contributed by atoms with E-state index in [-0.39, 0.29) is 0 Å². The minimum absolute atomic E-state index is 0.701. The summed E-state index contributed by atoms with van der Waals surface area (Å²) in [5.41, 5.74) is 8.38. The number of hydrogen-bond acceptors (Lipinski definition) is 4. The molecule has 0 unspecified atom stereocenters. The van der Waals surface area contributed by atoms with Crippen LogP contribution in [0, 0.1) is 0 Å². The molecule has 0 aliphatic carbocycles. The van der Waals surface area contributed by atoms with Crippen LogP contribution in [-0.4, -0.2) is 15.8 Å². The molecule has 0 bridgehead atoms. The minimum Gasteiger partial charge on any atom is -0.344 e. The highest BCUT2D eigenvalue weighted by Crippen LogP contribution is 2.29. The first-order valence-electron chi connectivity index (χ1n) is 9.17. The van der Waals surface area contributed by atoms with Crippen molar-refractivity contribution in [2.75, 3.05) is 5.43 Å². The molecule has 0 spiro atoms. The fourth-order valence-corrected chi connectivity index (χ4v) is 4.39. The van der Waals surface area contributed by atoms with Crippen molar-refractivity contribution in [3.63, 3.8) is 0 Å². The van der Waals surface area contributed by atoms with Gasteiger partial charge in [0.2, 0.25) is 5.13 Å². The molecule has 142 valence electrons. The number of anilines is 1. The molecule has 0 aliphatic heterocycles. The van der Waals surface area contributed by atoms with Crippen LogP contribution in [0.15, 0.2) is 77.2 Å². The third-order valence-corrected chi connectivity index (χ3v) is 5.92. The number of fused-ring (bicyclic) bond motifs is 3. The van der Waals surface area contributed by atoms with Gasteiger partial charge in [-0.25, -0.2) is 4.98 Å². The molecule has 5 aromatic rings. The highest BCUT2D eigenvalue weighted by molar-refractivity contribution is 7.14. The molecule has 5 rings (SSSR count). The van der Waals surface area contributed by atoms with Gasteiger partial charge in [-0.3, -0.25) is 5.43 Å². The van der Waals surface area contributed by atoms with Gasteiger partial charge in [-0.2, -0.15) is 5.10 Å². The zero-order chi connectivity index (χ0) is 19.8. The van der Waals surface area contributed by atoms with Crippen molar-refractivity contribution >= 4 is 56.1 Å². The predicted molar refractivity (Wildman–Crippen MR) is 124 cm³/mol. The lowest BCUT2D eigenvalue weighted by atomic mass is 10.1. The molecule has 0 saturated heterocycles. The molecule has 0 radical (unpaired) electrons. The maximum absolute atomic E-state index is 6.07. The van der Waals surface area contributed by atoms with Crippen LogP contribution >= 0.6 is 22.9 Å². The Labute approximate surface area is 177 Å². The summed E-state index contributed by atoms with van der Waals surface area (Å²) in [7, 11) is 2.10. The molecule has 29 heavy (non-hydrogen) atoms. The Hall–Kier alpha value is -3.15. The van der Waals surface area contributed by atoms with E-state index in [1.54, 1.807) is 0 Å². The van der Waals surface area contributed by atoms with Gasteiger partial charge in [-0.05, 0) is 35.9 Å². The quantitative estimate of drug-likeness (QED) is 0.266. The van der Waals surface area contributed by atoms with E-state index in [1.165, 1.54) is 33.1 Å². The number of hydrazone groups is 1. The largest absolute Gasteiger partial charge is 0.344 e. The maximum atomic E-state index is 6.07. The Morgan fingerprint density at radius 2 is 1.86 bits per heavy atom. The summed E-state index contributed by atoms with van der Waals surface area (Å²) in [6.07, 6.45) is 1.82. The summed E-state index contributed by atoms with van der Waals surface area (Å²) in [5.74, 6) is 0. The number of aryl methyl sites for hydroxylation is 1. The number of para-hydroxylation sites is 1. The lowest BCUT2D eigenvalue weighted by Crippen LogP contribution is -1.91. The zero-order valence-corrected chi connectivity index (χ0v) is 17.2. The van der Waals surface area contributed by atoms with E-state index in [2.05, 4.69) is 69.6 Å². The van der Waals surface area contributed by atoms with Crippen LogP contribution in [0.1, 0.15) is 5.56 Å². The van der Waals surface area contributed by atoms with Gasteiger partial charge >= 0.3 is 0 Å². The highest BCUT2D eigenvalue weighted by Gasteiger charge is 2.08. The molecule has 2 aromatic heterocycles. The van der Waals surface area contributed by atoms with E-state index in [4.69, 9.17) is 11.6 Å². The van der Waals surface area contributed by atoms with Crippen LogP contribution in [0.5, 0.6) is 0 Å². The van der Waals surface area contributed by atoms with E-state index >= 15 is 0 Å². The summed E-state index contributed by atoms with van der Waals surface area (Å²) >= 11 is 7.58. The molecule has 0 saturated carbocycles. The topological polar surface area (TPSA) is 42.2 Å². The molecule has 0 atom stereocenters. The number of hydrogen-bond donors (Lipinski definition) is 1. The van der Waals surface area contributed by atoms with Crippen LogP contribution < -0.4 is 5.43 Å². The molecular formula is C23H17ClN4S. The Morgan fingerprint density at radius 3 is 2.76 bits per heavy atom. The zero-order valence-electron chi connectivity index (χ0n) is 15.6. The van der Waals surface area contributed by atoms with E-state index < -0.39 is 0 Å². The second kappa shape index (κ2) is 7.35. The van der Waals surface area contributed by atoms with Crippen LogP contribution in [0.25, 0.3) is 33.1 Å². The number of nitrogens with one attached hydrogen (secondary N) is 1. The average molecular weight is 417 g/mol. The number of thiazole rings is 1. The lowest BCUT2D eigenvalue weighted by molar-refractivity contribution is 1.01. The Balaban J connectivity index is 1.38. The van der Waals surface area contributed by atoms with Crippen LogP contribution in [0.2, 0.25) is 5.02 Å². The highest BCUT2D eigenvalue weighted by atomic mass is 35.5. The van der Waals surface area contributed by atoms with Gasteiger partial charge in [0.05, 0.1) is 11.9 Å². The van der Waals surface area contributed by atoms with Crippen molar-refractivity contribution in [3.8, 4) is 11.3 Å². The first-order valence-corrected chi connectivity index (χ1v) is 10.4. The predicted octanol–water partition coefficient (Wildman–Crippen LogP) is 6.55. The number of halogens is 1. The van der Waals surface area contributed by atoms with E-state index in [9.17, 15) is 0 Å². The van der Waals surface area contributed by atoms with Gasteiger partial charge in [0.15, 0.2) is 0 Å². The van der Waals surface area contributed by atoms with E-state index in [1.807, 2.05) is 35.9 Å². The van der Waals surface area contributed by atoms with Gasteiger partial charge in [0.25, 0.3) is 0 Å². The van der Waals surface area contributed by atoms with Gasteiger partial charge in [0.1, 0.15) is 0 Å². The molecule has 1 N–H and O–H groups in total. The Morgan fingerprint density at radius 1 is 1.00 bits per heavy atom. The molecule has 0 amide bonds. The summed E-state index contributed by atoms with van der Waals surface area (Å²) in [6.45, 7) is 0. The van der Waals surface area contributed by atoms with Crippen LogP contribution in [0.4, 0.5) is 5.13 Å². The molecule has 0 aliphatic rings. The summed E-state index contributed by atoms with van der Waals surface area (Å²) < 4.78 is 2.22. The summed E-state index contributed by atoms with van der Waals surface area (Å²) in [5, 5.41) is 10.3. The first-order chi connectivity index (χ1) is 14.2. The van der Waals surface area contributed by atoms with Crippen LogP contribution in [-0.2, 0) is 7.05 Å². The second-order valence-corrected chi connectivity index (χ2v) is 8.07. The van der Waals surface area contributed by atoms with Gasteiger partial charge in [-0.1, -0.05) is 48.0 Å². The smallest absolute Gasteiger partial charge is 0.203 e. The van der Waals surface area contributed by atoms with Gasteiger partial charge in [0, 0.05) is 44.8 Å². The Kier molecular flexibility index (Phi) is 4.54. The van der Waals surface area contributed by atoms with Crippen LogP contribution in [0.3, 0.4) is 0 Å². The van der Waals surface area contributed by atoms with E-state index in [0.717, 1.165) is 22.0 Å². The van der Waals surface area contributed by atoms with Crippen molar-refractivity contribution < 1.29 is 0 Å². The van der Waals surface area contributed by atoms with Gasteiger partial charge in [-0.15, -0.1) is 11.3 Å². The number of rotatable bonds is 4. The summed E-state index contributed by atoms with van der Waals surface area (Å²) in [4.78, 5) is 4.58. The van der Waals surface area contributed by atoms with Gasteiger partial charge < -0.3 is 4.57 Å². The average Bonchev–Trinajstić information content (AvgIpc) is 3.32. The standard InChI is InChI=1S/C23H17ClN4S/c1-28-21-8-3-2-7-18(21)19-11-15(9-10-22(19)28)13-25-27-23-26-20(14-29-23)16-5-4-6-17(24)12-16/h2-14H,1H3,(H,26,27). The third-order valence-electron chi connectivity index (χ3n) is 4.94. The minimum atomic E-state index is 0.701. The lowest BCUT2D eigenvalue weighted by Gasteiger charge is -1.99. The number of nitrogens with zero attached hydrogens (tertiary/aromatic N) is 3. The Bertz CT molecular complexity index is 1370. The molecular weight excluding hydrogens is 400 g/mol. The molecule has 2 heterocycles. The second-order valence-electron chi connectivity index (χ2n) is 6.77. The fourth-order valence-electron chi connectivity index (χ4n) is 3.53. The maximum Gasteiger partial charge on any atom is 0.203 e. The third kappa shape index (κ3) is 3.39. The SMILES string of the molecule is Cn1c2ccccc2c2cc(C=NNc3nc(-c4cccc(Cl)c4)cs3)ccc21. The molecule has 4 nitrogen and oxygen atoms in total. The summed E-state index contributed by atoms with van der Waals surface area (Å²) in [6, 6.07) is 22.5. The molecule has 6 heteroatoms.